The Hall–Kier alpha value is -7.57. The fourth-order valence-electron chi connectivity index (χ4n) is 8.87. The minimum atomic E-state index is 0.293. The van der Waals surface area contributed by atoms with Crippen molar-refractivity contribution in [3.8, 4) is 67.7 Å². The van der Waals surface area contributed by atoms with Gasteiger partial charge in [0.15, 0.2) is 23.1 Å². The molecule has 61 heavy (non-hydrogen) atoms. The number of furan rings is 1. The van der Waals surface area contributed by atoms with E-state index in [4.69, 9.17) is 29.3 Å². The van der Waals surface area contributed by atoms with Crippen LogP contribution in [0.5, 0.6) is 0 Å². The molecule has 0 spiro atoms. The van der Waals surface area contributed by atoms with E-state index in [1.54, 1.807) is 0 Å². The zero-order valence-corrected chi connectivity index (χ0v) is 33.5. The van der Waals surface area contributed by atoms with Gasteiger partial charge in [-0.15, -0.1) is 0 Å². The molecule has 0 bridgehead atoms. The second kappa shape index (κ2) is 15.9. The fraction of sp³-hybridized carbons (Fsp3) is 0.109. The molecule has 6 heteroatoms. The van der Waals surface area contributed by atoms with E-state index in [1.165, 1.54) is 22.3 Å². The lowest BCUT2D eigenvalue weighted by atomic mass is 9.78. The molecule has 0 amide bonds. The molecule has 7 aromatic carbocycles. The summed E-state index contributed by atoms with van der Waals surface area (Å²) >= 11 is 0. The van der Waals surface area contributed by atoms with Crippen LogP contribution in [0.15, 0.2) is 192 Å². The Morgan fingerprint density at radius 2 is 0.852 bits per heavy atom. The lowest BCUT2D eigenvalue weighted by molar-refractivity contribution is 0.385. The zero-order chi connectivity index (χ0) is 40.5. The molecule has 1 fully saturated rings. The number of nitrogens with zero attached hydrogens (tertiary/aromatic N) is 5. The maximum absolute atomic E-state index is 6.32. The summed E-state index contributed by atoms with van der Waals surface area (Å²) in [5, 5.41) is 0.985. The molecule has 10 aromatic rings. The molecule has 0 saturated heterocycles. The van der Waals surface area contributed by atoms with Crippen LogP contribution in [0.4, 0.5) is 0 Å². The Morgan fingerprint density at radius 3 is 1.52 bits per heavy atom. The Labute approximate surface area is 354 Å². The molecule has 1 saturated carbocycles. The average Bonchev–Trinajstić information content (AvgIpc) is 3.73. The highest BCUT2D eigenvalue weighted by Crippen LogP contribution is 2.42. The van der Waals surface area contributed by atoms with Crippen molar-refractivity contribution < 1.29 is 4.42 Å². The minimum Gasteiger partial charge on any atom is -0.452 e. The molecule has 3 heterocycles. The lowest BCUT2D eigenvalue weighted by Gasteiger charge is -2.28. The van der Waals surface area contributed by atoms with Crippen molar-refractivity contribution in [1.29, 1.82) is 0 Å². The Balaban J connectivity index is 0.830. The predicted molar refractivity (Wildman–Crippen MR) is 246 cm³/mol. The van der Waals surface area contributed by atoms with E-state index in [0.717, 1.165) is 93.2 Å². The molecule has 0 N–H and O–H groups in total. The second-order valence-corrected chi connectivity index (χ2v) is 15.9. The fourth-order valence-corrected chi connectivity index (χ4v) is 8.87. The minimum absolute atomic E-state index is 0.293. The van der Waals surface area contributed by atoms with Gasteiger partial charge in [0.05, 0.1) is 0 Å². The van der Waals surface area contributed by atoms with Crippen LogP contribution in [0.2, 0.25) is 0 Å². The topological polar surface area (TPSA) is 77.6 Å². The summed E-state index contributed by atoms with van der Waals surface area (Å²) in [4.78, 5) is 25.2. The first-order chi connectivity index (χ1) is 30.2. The highest BCUT2D eigenvalue weighted by molar-refractivity contribution is 6.07. The van der Waals surface area contributed by atoms with Gasteiger partial charge >= 0.3 is 0 Å². The van der Waals surface area contributed by atoms with Crippen LogP contribution in [0, 0.1) is 0 Å². The van der Waals surface area contributed by atoms with E-state index in [2.05, 4.69) is 115 Å². The first-order valence-electron chi connectivity index (χ1n) is 21.1. The summed E-state index contributed by atoms with van der Waals surface area (Å²) in [5.41, 5.74) is 13.2. The highest BCUT2D eigenvalue weighted by Gasteiger charge is 2.27. The molecule has 1 aliphatic carbocycles. The predicted octanol–water partition coefficient (Wildman–Crippen LogP) is 14.0. The van der Waals surface area contributed by atoms with E-state index in [9.17, 15) is 0 Å². The SMILES string of the molecule is c1ccc(-c2nc(-c3ccccc3)nc(C3CCC(c4cccc(-c5cccc(-c6ccc(-c7nc(-c8ccccc8)c8oc9ccccc9c8n7)cc6)c5)c4)CC3)n2)cc1. The molecule has 0 unspecified atom stereocenters. The van der Waals surface area contributed by atoms with Crippen molar-refractivity contribution in [2.45, 2.75) is 37.5 Å². The summed E-state index contributed by atoms with van der Waals surface area (Å²) in [6, 6.07) is 65.4. The van der Waals surface area contributed by atoms with E-state index >= 15 is 0 Å². The van der Waals surface area contributed by atoms with Gasteiger partial charge in [-0.2, -0.15) is 0 Å². The van der Waals surface area contributed by atoms with Gasteiger partial charge in [0.1, 0.15) is 22.6 Å². The van der Waals surface area contributed by atoms with Crippen LogP contribution < -0.4 is 0 Å². The first kappa shape index (κ1) is 36.5. The van der Waals surface area contributed by atoms with Crippen LogP contribution in [0.3, 0.4) is 0 Å². The molecule has 0 radical (unpaired) electrons. The van der Waals surface area contributed by atoms with Crippen molar-refractivity contribution >= 4 is 22.1 Å². The largest absolute Gasteiger partial charge is 0.452 e. The maximum atomic E-state index is 6.32. The summed E-state index contributed by atoms with van der Waals surface area (Å²) in [6.07, 6.45) is 4.26. The van der Waals surface area contributed by atoms with Crippen LogP contribution in [0.25, 0.3) is 89.7 Å². The molecule has 3 aromatic heterocycles. The van der Waals surface area contributed by atoms with Gasteiger partial charge in [0.2, 0.25) is 0 Å². The number of rotatable bonds is 8. The van der Waals surface area contributed by atoms with E-state index in [-0.39, 0.29) is 0 Å². The monoisotopic (exact) mass is 787 g/mol. The van der Waals surface area contributed by atoms with Gasteiger partial charge in [-0.1, -0.05) is 170 Å². The summed E-state index contributed by atoms with van der Waals surface area (Å²) < 4.78 is 6.32. The van der Waals surface area contributed by atoms with E-state index in [1.807, 2.05) is 72.8 Å². The van der Waals surface area contributed by atoms with Crippen LogP contribution in [-0.4, -0.2) is 24.9 Å². The third kappa shape index (κ3) is 7.27. The van der Waals surface area contributed by atoms with Crippen molar-refractivity contribution in [1.82, 2.24) is 24.9 Å². The van der Waals surface area contributed by atoms with Crippen molar-refractivity contribution in [2.24, 2.45) is 0 Å². The smallest absolute Gasteiger partial charge is 0.180 e. The quantitative estimate of drug-likeness (QED) is 0.153. The Kier molecular flexibility index (Phi) is 9.51. The van der Waals surface area contributed by atoms with Crippen molar-refractivity contribution in [3.63, 3.8) is 0 Å². The molecule has 0 atom stereocenters. The number of benzene rings is 7. The number of aromatic nitrogens is 5. The molecule has 6 nitrogen and oxygen atoms in total. The lowest BCUT2D eigenvalue weighted by Crippen LogP contribution is -2.15. The summed E-state index contributed by atoms with van der Waals surface area (Å²) in [6.45, 7) is 0. The number of hydrogen-bond acceptors (Lipinski definition) is 6. The maximum Gasteiger partial charge on any atom is 0.180 e. The second-order valence-electron chi connectivity index (χ2n) is 15.9. The van der Waals surface area contributed by atoms with Gasteiger partial charge < -0.3 is 4.42 Å². The Bertz CT molecular complexity index is 3080. The third-order valence-electron chi connectivity index (χ3n) is 12.1. The molecule has 11 rings (SSSR count). The Morgan fingerprint density at radius 1 is 0.361 bits per heavy atom. The van der Waals surface area contributed by atoms with Crippen molar-refractivity contribution in [3.05, 3.63) is 199 Å². The summed E-state index contributed by atoms with van der Waals surface area (Å²) in [5.74, 6) is 3.84. The zero-order valence-electron chi connectivity index (χ0n) is 33.5. The van der Waals surface area contributed by atoms with Gasteiger partial charge in [-0.05, 0) is 77.6 Å². The van der Waals surface area contributed by atoms with Crippen LogP contribution in [-0.2, 0) is 0 Å². The van der Waals surface area contributed by atoms with Gasteiger partial charge in [-0.25, -0.2) is 24.9 Å². The molecule has 292 valence electrons. The molecule has 1 aliphatic rings. The molecule has 0 aliphatic heterocycles. The first-order valence-corrected chi connectivity index (χ1v) is 21.1. The van der Waals surface area contributed by atoms with E-state index in [0.29, 0.717) is 23.2 Å². The molecular weight excluding hydrogens is 747 g/mol. The average molecular weight is 788 g/mol. The van der Waals surface area contributed by atoms with E-state index < -0.39 is 0 Å². The molecular formula is C55H41N5O. The van der Waals surface area contributed by atoms with Crippen LogP contribution >= 0.6 is 0 Å². The standard InChI is InChI=1S/C55H41N5O/c1-4-14-38(15-5-1)49-51-50(47-24-10-11-25-48(47)61-51)57-52(56-49)41-30-26-36(27-31-41)43-20-12-22-45(34-43)46-23-13-21-44(35-46)37-28-32-42(33-29-37)55-59-53(39-16-6-2-7-17-39)58-54(60-55)40-18-8-3-9-19-40/h1-27,30-31,34-35,37,42H,28-29,32-33H2. The van der Waals surface area contributed by atoms with Gasteiger partial charge in [-0.3, -0.25) is 0 Å². The number of hydrogen-bond donors (Lipinski definition) is 0. The number of fused-ring (bicyclic) bond motifs is 3. The van der Waals surface area contributed by atoms with Gasteiger partial charge in [0, 0.05) is 33.6 Å². The number of para-hydroxylation sites is 1. The van der Waals surface area contributed by atoms with Crippen LogP contribution in [0.1, 0.15) is 48.9 Å². The normalized spacial score (nSPS) is 15.3. The summed E-state index contributed by atoms with van der Waals surface area (Å²) in [7, 11) is 0. The van der Waals surface area contributed by atoms with Gasteiger partial charge in [0.25, 0.3) is 0 Å². The highest BCUT2D eigenvalue weighted by atomic mass is 16.3. The van der Waals surface area contributed by atoms with Crippen molar-refractivity contribution in [2.75, 3.05) is 0 Å². The third-order valence-corrected chi connectivity index (χ3v) is 12.1.